The third-order valence-electron chi connectivity index (χ3n) is 4.00. The molecule has 2 aromatic carbocycles. The molecular weight excluding hydrogens is 395 g/mol. The number of benzene rings is 2. The molecule has 28 heavy (non-hydrogen) atoms. The average Bonchev–Trinajstić information content (AvgIpc) is 2.69. The molecule has 1 unspecified atom stereocenters. The summed E-state index contributed by atoms with van der Waals surface area (Å²) in [6.45, 7) is 0.633. The molecule has 0 saturated carbocycles. The van der Waals surface area contributed by atoms with Gasteiger partial charge in [0.15, 0.2) is 11.5 Å². The summed E-state index contributed by atoms with van der Waals surface area (Å²) in [5.41, 5.74) is -1.18. The Hall–Kier alpha value is -2.39. The van der Waals surface area contributed by atoms with Crippen LogP contribution in [0.4, 0.5) is 13.2 Å². The number of nitrogens with one attached hydrogen (secondary N) is 1. The number of halogens is 3. The second kappa shape index (κ2) is 8.74. The van der Waals surface area contributed by atoms with Crippen LogP contribution in [0.1, 0.15) is 17.2 Å². The second-order valence-electron chi connectivity index (χ2n) is 6.00. The van der Waals surface area contributed by atoms with Crippen LogP contribution in [0.15, 0.2) is 47.4 Å². The predicted molar refractivity (Wildman–Crippen MR) is 97.6 cm³/mol. The maximum absolute atomic E-state index is 13.0. The topological polar surface area (TPSA) is 67.8 Å². The fraction of sp³-hybridized carbons (Fsp3) is 0.316. The maximum atomic E-state index is 13.0. The van der Waals surface area contributed by atoms with Crippen LogP contribution in [0.2, 0.25) is 0 Å². The van der Waals surface area contributed by atoms with Gasteiger partial charge in [-0.1, -0.05) is 18.2 Å². The van der Waals surface area contributed by atoms with Crippen molar-refractivity contribution in [2.24, 2.45) is 0 Å². The first-order valence-electron chi connectivity index (χ1n) is 8.48. The Balaban J connectivity index is 1.52. The van der Waals surface area contributed by atoms with E-state index in [-0.39, 0.29) is 17.9 Å². The Bertz CT molecular complexity index is 844. The van der Waals surface area contributed by atoms with E-state index in [1.165, 1.54) is 30.0 Å². The first-order valence-corrected chi connectivity index (χ1v) is 9.46. The van der Waals surface area contributed by atoms with Gasteiger partial charge in [0, 0.05) is 11.4 Å². The Morgan fingerprint density at radius 3 is 2.61 bits per heavy atom. The van der Waals surface area contributed by atoms with E-state index in [9.17, 15) is 23.1 Å². The third kappa shape index (κ3) is 5.11. The molecule has 0 radical (unpaired) electrons. The maximum Gasteiger partial charge on any atom is 0.416 e. The molecule has 0 spiro atoms. The van der Waals surface area contributed by atoms with E-state index in [0.29, 0.717) is 24.7 Å². The van der Waals surface area contributed by atoms with Gasteiger partial charge in [0.25, 0.3) is 0 Å². The smallest absolute Gasteiger partial charge is 0.416 e. The zero-order valence-electron chi connectivity index (χ0n) is 14.7. The van der Waals surface area contributed by atoms with Gasteiger partial charge in [0.05, 0.1) is 17.4 Å². The summed E-state index contributed by atoms with van der Waals surface area (Å²) >= 11 is 1.25. The number of carbonyl (C=O) groups excluding carboxylic acids is 1. The van der Waals surface area contributed by atoms with E-state index in [2.05, 4.69) is 5.32 Å². The summed E-state index contributed by atoms with van der Waals surface area (Å²) in [4.78, 5) is 12.8. The number of hydrogen-bond donors (Lipinski definition) is 2. The van der Waals surface area contributed by atoms with Crippen molar-refractivity contribution in [3.63, 3.8) is 0 Å². The van der Waals surface area contributed by atoms with Gasteiger partial charge in [-0.25, -0.2) is 0 Å². The van der Waals surface area contributed by atoms with Crippen LogP contribution in [0.3, 0.4) is 0 Å². The highest BCUT2D eigenvalue weighted by Gasteiger charge is 2.34. The molecule has 0 fully saturated rings. The fourth-order valence-electron chi connectivity index (χ4n) is 2.68. The number of fused-ring (bicyclic) bond motifs is 1. The lowest BCUT2D eigenvalue weighted by Crippen LogP contribution is -2.30. The minimum atomic E-state index is -4.57. The molecule has 0 saturated heterocycles. The SMILES string of the molecule is O=C(CSc1ccc2c(c1)OCCO2)NCC(O)c1ccccc1C(F)(F)F. The lowest BCUT2D eigenvalue weighted by Gasteiger charge is -2.19. The minimum Gasteiger partial charge on any atom is -0.486 e. The average molecular weight is 413 g/mol. The molecule has 5 nitrogen and oxygen atoms in total. The van der Waals surface area contributed by atoms with Crippen LogP contribution in [0.25, 0.3) is 0 Å². The fourth-order valence-corrected chi connectivity index (χ4v) is 3.43. The molecule has 1 heterocycles. The lowest BCUT2D eigenvalue weighted by atomic mass is 10.0. The Kier molecular flexibility index (Phi) is 6.35. The van der Waals surface area contributed by atoms with Gasteiger partial charge in [0.2, 0.25) is 5.91 Å². The van der Waals surface area contributed by atoms with Crippen LogP contribution in [-0.4, -0.2) is 36.5 Å². The summed E-state index contributed by atoms with van der Waals surface area (Å²) < 4.78 is 49.9. The normalized spacial score (nSPS) is 14.4. The Morgan fingerprint density at radius 2 is 1.86 bits per heavy atom. The zero-order chi connectivity index (χ0) is 20.1. The van der Waals surface area contributed by atoms with Gasteiger partial charge in [-0.05, 0) is 29.8 Å². The van der Waals surface area contributed by atoms with Crippen LogP contribution < -0.4 is 14.8 Å². The van der Waals surface area contributed by atoms with E-state index in [1.807, 2.05) is 0 Å². The molecular formula is C19H18F3NO4S. The number of thioether (sulfide) groups is 1. The van der Waals surface area contributed by atoms with Gasteiger partial charge < -0.3 is 19.9 Å². The summed E-state index contributed by atoms with van der Waals surface area (Å²) in [6, 6.07) is 10.1. The van der Waals surface area contributed by atoms with E-state index in [0.717, 1.165) is 11.0 Å². The number of ether oxygens (including phenoxy) is 2. The van der Waals surface area contributed by atoms with Crippen molar-refractivity contribution in [3.05, 3.63) is 53.6 Å². The number of alkyl halides is 3. The lowest BCUT2D eigenvalue weighted by molar-refractivity contribution is -0.139. The largest absolute Gasteiger partial charge is 0.486 e. The number of hydrogen-bond acceptors (Lipinski definition) is 5. The minimum absolute atomic E-state index is 0.0489. The highest BCUT2D eigenvalue weighted by atomic mass is 32.2. The van der Waals surface area contributed by atoms with Crippen molar-refractivity contribution >= 4 is 17.7 Å². The highest BCUT2D eigenvalue weighted by molar-refractivity contribution is 8.00. The monoisotopic (exact) mass is 413 g/mol. The van der Waals surface area contributed by atoms with Gasteiger partial charge in [0.1, 0.15) is 13.2 Å². The molecule has 2 N–H and O–H groups in total. The molecule has 0 aliphatic carbocycles. The predicted octanol–water partition coefficient (Wildman–Crippen LogP) is 3.42. The van der Waals surface area contributed by atoms with E-state index in [1.54, 1.807) is 18.2 Å². The molecule has 0 aromatic heterocycles. The summed E-state index contributed by atoms with van der Waals surface area (Å²) in [6.07, 6.45) is -6.03. The van der Waals surface area contributed by atoms with Crippen LogP contribution in [-0.2, 0) is 11.0 Å². The molecule has 9 heteroatoms. The number of amides is 1. The summed E-state index contributed by atoms with van der Waals surface area (Å²) in [5.74, 6) is 0.901. The molecule has 150 valence electrons. The van der Waals surface area contributed by atoms with Crippen molar-refractivity contribution < 1.29 is 32.5 Å². The van der Waals surface area contributed by atoms with Crippen LogP contribution in [0.5, 0.6) is 11.5 Å². The van der Waals surface area contributed by atoms with Crippen molar-refractivity contribution in [2.75, 3.05) is 25.5 Å². The molecule has 3 rings (SSSR count). The molecule has 1 atom stereocenters. The molecule has 1 amide bonds. The Morgan fingerprint density at radius 1 is 1.14 bits per heavy atom. The molecule has 1 aliphatic rings. The summed E-state index contributed by atoms with van der Waals surface area (Å²) in [7, 11) is 0. The molecule has 2 aromatic rings. The van der Waals surface area contributed by atoms with Gasteiger partial charge in [-0.15, -0.1) is 11.8 Å². The van der Waals surface area contributed by atoms with Crippen molar-refractivity contribution in [1.82, 2.24) is 5.32 Å². The van der Waals surface area contributed by atoms with E-state index < -0.39 is 23.8 Å². The van der Waals surface area contributed by atoms with Crippen molar-refractivity contribution in [2.45, 2.75) is 17.2 Å². The standard InChI is InChI=1S/C19H18F3NO4S/c20-19(21,22)14-4-2-1-3-13(14)15(24)10-23-18(25)11-28-12-5-6-16-17(9-12)27-8-7-26-16/h1-6,9,15,24H,7-8,10-11H2,(H,23,25). The molecule has 0 bridgehead atoms. The van der Waals surface area contributed by atoms with Crippen molar-refractivity contribution in [3.8, 4) is 11.5 Å². The third-order valence-corrected chi connectivity index (χ3v) is 5.00. The quantitative estimate of drug-likeness (QED) is 0.711. The highest BCUT2D eigenvalue weighted by Crippen LogP contribution is 2.35. The van der Waals surface area contributed by atoms with Crippen LogP contribution >= 0.6 is 11.8 Å². The summed E-state index contributed by atoms with van der Waals surface area (Å²) in [5, 5.41) is 12.5. The first-order chi connectivity index (χ1) is 13.3. The van der Waals surface area contributed by atoms with E-state index >= 15 is 0 Å². The van der Waals surface area contributed by atoms with Crippen LogP contribution in [0, 0.1) is 0 Å². The van der Waals surface area contributed by atoms with E-state index in [4.69, 9.17) is 9.47 Å². The number of rotatable bonds is 6. The molecule has 1 aliphatic heterocycles. The second-order valence-corrected chi connectivity index (χ2v) is 7.05. The van der Waals surface area contributed by atoms with Gasteiger partial charge in [-0.2, -0.15) is 13.2 Å². The number of aliphatic hydroxyl groups is 1. The Labute approximate surface area is 163 Å². The zero-order valence-corrected chi connectivity index (χ0v) is 15.5. The number of carbonyl (C=O) groups is 1. The number of aliphatic hydroxyl groups excluding tert-OH is 1. The first kappa shape index (κ1) is 20.3. The van der Waals surface area contributed by atoms with Crippen molar-refractivity contribution in [1.29, 1.82) is 0 Å². The van der Waals surface area contributed by atoms with Gasteiger partial charge in [-0.3, -0.25) is 4.79 Å². The van der Waals surface area contributed by atoms with Gasteiger partial charge >= 0.3 is 6.18 Å².